The van der Waals surface area contributed by atoms with Gasteiger partial charge in [-0.25, -0.2) is 15.0 Å². The summed E-state index contributed by atoms with van der Waals surface area (Å²) in [7, 11) is 0. The highest BCUT2D eigenvalue weighted by Gasteiger charge is 2.03. The second kappa shape index (κ2) is 10.8. The van der Waals surface area contributed by atoms with E-state index in [0.717, 1.165) is 16.2 Å². The molecule has 152 valence electrons. The number of aromatic amines is 1. The Morgan fingerprint density at radius 2 is 1.34 bits per heavy atom. The third kappa shape index (κ3) is 8.27. The molecule has 0 spiro atoms. The summed E-state index contributed by atoms with van der Waals surface area (Å²) >= 11 is 31.0. The van der Waals surface area contributed by atoms with Crippen LogP contribution in [0.3, 0.4) is 0 Å². The lowest BCUT2D eigenvalue weighted by Gasteiger charge is -1.97. The summed E-state index contributed by atoms with van der Waals surface area (Å²) in [4.78, 5) is 25.3. The first-order chi connectivity index (χ1) is 13.5. The molecule has 4 rings (SSSR count). The average Bonchev–Trinajstić information content (AvgIpc) is 2.61. The number of halogens is 6. The molecule has 4 aromatic heterocycles. The van der Waals surface area contributed by atoms with E-state index in [1.807, 2.05) is 6.07 Å². The Labute approximate surface area is 193 Å². The summed E-state index contributed by atoms with van der Waals surface area (Å²) < 4.78 is 9.51. The molecular weight excluding hydrogens is 524 g/mol. The van der Waals surface area contributed by atoms with Crippen LogP contribution in [0.4, 0.5) is 0 Å². The topological polar surface area (TPSA) is 88.6 Å². The number of hydrogen-bond donors (Lipinski definition) is 1. The van der Waals surface area contributed by atoms with Crippen LogP contribution >= 0.6 is 73.7 Å². The Bertz CT molecular complexity index is 1240. The minimum atomic E-state index is -3.22. The van der Waals surface area contributed by atoms with Gasteiger partial charge in [0.05, 0.1) is 5.39 Å². The number of nitrogens with one attached hydrogen (secondary N) is 1. The minimum absolute atomic E-state index is 0.142. The van der Waals surface area contributed by atoms with Crippen molar-refractivity contribution in [1.29, 1.82) is 0 Å². The lowest BCUT2D eigenvalue weighted by atomic mass is 10.2. The molecule has 1 N–H and O–H groups in total. The number of fused-ring (bicyclic) bond motifs is 2. The van der Waals surface area contributed by atoms with Crippen LogP contribution in [0, 0.1) is 0 Å². The Morgan fingerprint density at radius 3 is 1.93 bits per heavy atom. The zero-order chi connectivity index (χ0) is 21.6. The molecule has 0 aliphatic carbocycles. The fourth-order valence-electron chi connectivity index (χ4n) is 2.06. The molecular formula is C16H9Cl6N4O2P. The lowest BCUT2D eigenvalue weighted by Crippen LogP contribution is -2.04. The molecule has 29 heavy (non-hydrogen) atoms. The van der Waals surface area contributed by atoms with E-state index < -0.39 is 5.20 Å². The molecule has 0 aromatic carbocycles. The molecule has 6 nitrogen and oxygen atoms in total. The van der Waals surface area contributed by atoms with Crippen molar-refractivity contribution in [1.82, 2.24) is 19.9 Å². The fraction of sp³-hybridized carbons (Fsp3) is 0. The minimum Gasteiger partial charge on any atom is -0.329 e. The zero-order valence-electron chi connectivity index (χ0n) is 14.0. The summed E-state index contributed by atoms with van der Waals surface area (Å²) in [5.74, 6) is 0. The highest BCUT2D eigenvalue weighted by Crippen LogP contribution is 2.61. The molecule has 0 amide bonds. The van der Waals surface area contributed by atoms with E-state index in [1.54, 1.807) is 36.8 Å². The van der Waals surface area contributed by atoms with Crippen molar-refractivity contribution in [3.05, 3.63) is 74.9 Å². The first-order valence-electron chi connectivity index (χ1n) is 7.42. The van der Waals surface area contributed by atoms with Crippen molar-refractivity contribution in [2.45, 2.75) is 0 Å². The molecule has 0 aliphatic heterocycles. The molecule has 0 atom stereocenters. The summed E-state index contributed by atoms with van der Waals surface area (Å²) in [6.07, 6.45) is 6.31. The molecule has 0 radical (unpaired) electrons. The Morgan fingerprint density at radius 1 is 0.828 bits per heavy atom. The highest BCUT2D eigenvalue weighted by atomic mass is 36.0. The van der Waals surface area contributed by atoms with Gasteiger partial charge in [-0.3, -0.25) is 9.36 Å². The third-order valence-electron chi connectivity index (χ3n) is 3.19. The van der Waals surface area contributed by atoms with E-state index >= 15 is 0 Å². The maximum atomic E-state index is 11.2. The second-order valence-electron chi connectivity index (χ2n) is 5.13. The molecule has 4 heterocycles. The standard InChI is InChI=1S/C8H4Cl2N2.C8H5ClN2O.Cl3OP/c9-7-3-5-1-2-11-8(10)6(5)4-12-7;9-7-3-5-1-2-10-8(12)6(5)4-11-7;1-5(2,3)4/h1-4H;1-4H,(H,10,12);. The maximum absolute atomic E-state index is 11.2. The number of aromatic nitrogens is 4. The van der Waals surface area contributed by atoms with Crippen molar-refractivity contribution in [2.24, 2.45) is 0 Å². The predicted molar refractivity (Wildman–Crippen MR) is 122 cm³/mol. The van der Waals surface area contributed by atoms with Crippen LogP contribution in [0.25, 0.3) is 21.5 Å². The molecule has 0 fully saturated rings. The van der Waals surface area contributed by atoms with Crippen LogP contribution in [0.15, 0.2) is 53.8 Å². The van der Waals surface area contributed by atoms with Gasteiger partial charge in [-0.1, -0.05) is 34.8 Å². The lowest BCUT2D eigenvalue weighted by molar-refractivity contribution is 0.600. The van der Waals surface area contributed by atoms with E-state index in [2.05, 4.69) is 53.7 Å². The number of pyridine rings is 4. The Balaban J connectivity index is 0.000000170. The fourth-order valence-corrected chi connectivity index (χ4v) is 2.61. The van der Waals surface area contributed by atoms with Crippen molar-refractivity contribution in [3.8, 4) is 0 Å². The molecule has 4 aromatic rings. The van der Waals surface area contributed by atoms with E-state index in [-0.39, 0.29) is 5.56 Å². The van der Waals surface area contributed by atoms with Gasteiger partial charge in [0.1, 0.15) is 15.5 Å². The van der Waals surface area contributed by atoms with Gasteiger partial charge < -0.3 is 4.98 Å². The summed E-state index contributed by atoms with van der Waals surface area (Å²) in [5.41, 5.74) is -0.142. The van der Waals surface area contributed by atoms with Crippen LogP contribution in [-0.2, 0) is 4.57 Å². The van der Waals surface area contributed by atoms with Crippen molar-refractivity contribution in [2.75, 3.05) is 0 Å². The summed E-state index contributed by atoms with van der Waals surface area (Å²) in [5, 5.41) is 1.23. The predicted octanol–water partition coefficient (Wildman–Crippen LogP) is 7.32. The van der Waals surface area contributed by atoms with Crippen molar-refractivity contribution >= 4 is 95.3 Å². The van der Waals surface area contributed by atoms with Gasteiger partial charge in [-0.15, -0.1) is 0 Å². The second-order valence-corrected chi connectivity index (χ2v) is 12.9. The SMILES string of the molecule is Clc1cc2ccnc(Cl)c2cn1.O=P(Cl)(Cl)Cl.O=c1[nH]ccc2cc(Cl)ncc12. The maximum Gasteiger partial charge on any atom is 0.339 e. The molecule has 0 bridgehead atoms. The quantitative estimate of drug-likeness (QED) is 0.189. The molecule has 0 unspecified atom stereocenters. The number of H-pyrrole nitrogens is 1. The monoisotopic (exact) mass is 530 g/mol. The largest absolute Gasteiger partial charge is 0.339 e. The van der Waals surface area contributed by atoms with Crippen LogP contribution < -0.4 is 5.56 Å². The molecule has 0 aliphatic rings. The van der Waals surface area contributed by atoms with Crippen LogP contribution in [-0.4, -0.2) is 19.9 Å². The first-order valence-corrected chi connectivity index (χ1v) is 13.0. The number of hydrogen-bond acceptors (Lipinski definition) is 5. The Hall–Kier alpha value is -1.11. The van der Waals surface area contributed by atoms with Gasteiger partial charge in [-0.2, -0.15) is 0 Å². The van der Waals surface area contributed by atoms with Gasteiger partial charge in [0.25, 0.3) is 5.56 Å². The van der Waals surface area contributed by atoms with E-state index in [4.69, 9.17) is 34.8 Å². The van der Waals surface area contributed by atoms with Crippen molar-refractivity contribution < 1.29 is 4.57 Å². The zero-order valence-corrected chi connectivity index (χ0v) is 19.4. The molecule has 13 heteroatoms. The third-order valence-corrected chi connectivity index (χ3v) is 3.91. The van der Waals surface area contributed by atoms with Gasteiger partial charge >= 0.3 is 5.20 Å². The van der Waals surface area contributed by atoms with Crippen LogP contribution in [0.2, 0.25) is 15.5 Å². The molecule has 0 saturated carbocycles. The van der Waals surface area contributed by atoms with E-state index in [1.165, 1.54) is 6.20 Å². The van der Waals surface area contributed by atoms with Crippen LogP contribution in [0.5, 0.6) is 0 Å². The van der Waals surface area contributed by atoms with Crippen LogP contribution in [0.1, 0.15) is 0 Å². The van der Waals surface area contributed by atoms with E-state index in [0.29, 0.717) is 20.8 Å². The van der Waals surface area contributed by atoms with Gasteiger partial charge in [0, 0.05) is 30.2 Å². The average molecular weight is 533 g/mol. The van der Waals surface area contributed by atoms with E-state index in [9.17, 15) is 9.36 Å². The highest BCUT2D eigenvalue weighted by molar-refractivity contribution is 8.24. The smallest absolute Gasteiger partial charge is 0.329 e. The van der Waals surface area contributed by atoms with Gasteiger partial charge in [0.15, 0.2) is 0 Å². The van der Waals surface area contributed by atoms with Gasteiger partial charge in [0.2, 0.25) is 0 Å². The number of nitrogens with zero attached hydrogens (tertiary/aromatic N) is 3. The number of rotatable bonds is 0. The molecule has 0 saturated heterocycles. The van der Waals surface area contributed by atoms with Gasteiger partial charge in [-0.05, 0) is 68.8 Å². The summed E-state index contributed by atoms with van der Waals surface area (Å²) in [6.45, 7) is 0. The van der Waals surface area contributed by atoms with Crippen molar-refractivity contribution in [3.63, 3.8) is 0 Å². The normalized spacial score (nSPS) is 10.7. The Kier molecular flexibility index (Phi) is 8.98. The first kappa shape index (κ1) is 24.2. The summed E-state index contributed by atoms with van der Waals surface area (Å²) in [6, 6.07) is 7.04.